The summed E-state index contributed by atoms with van der Waals surface area (Å²) in [6, 6.07) is 1.96. The lowest BCUT2D eigenvalue weighted by Gasteiger charge is -2.19. The maximum atomic E-state index is 11.5. The van der Waals surface area contributed by atoms with Crippen LogP contribution >= 0.6 is 0 Å². The molecule has 0 bridgehead atoms. The van der Waals surface area contributed by atoms with E-state index in [1.54, 1.807) is 0 Å². The van der Waals surface area contributed by atoms with Gasteiger partial charge in [-0.3, -0.25) is 9.48 Å². The topological polar surface area (TPSA) is 44.1 Å². The molecule has 4 nitrogen and oxygen atoms in total. The molecular weight excluding hydrogens is 264 g/mol. The first-order chi connectivity index (χ1) is 9.97. The number of hydrogen-bond acceptors (Lipinski definition) is 3. The average molecular weight is 294 g/mol. The number of aryl methyl sites for hydroxylation is 1. The minimum Gasteiger partial charge on any atom is -0.460 e. The molecule has 21 heavy (non-hydrogen) atoms. The Hall–Kier alpha value is -1.32. The highest BCUT2D eigenvalue weighted by molar-refractivity contribution is 5.69. The molecule has 1 rings (SSSR count). The first-order valence-electron chi connectivity index (χ1n) is 8.17. The van der Waals surface area contributed by atoms with Gasteiger partial charge in [0.1, 0.15) is 5.60 Å². The van der Waals surface area contributed by atoms with E-state index >= 15 is 0 Å². The second-order valence-corrected chi connectivity index (χ2v) is 6.58. The molecule has 0 amide bonds. The minimum absolute atomic E-state index is 0.0678. The molecule has 1 heterocycles. The number of unbranched alkanes of at least 4 members (excludes halogenated alkanes) is 6. The minimum atomic E-state index is -0.355. The van der Waals surface area contributed by atoms with Gasteiger partial charge >= 0.3 is 5.97 Å². The highest BCUT2D eigenvalue weighted by atomic mass is 16.6. The molecule has 0 spiro atoms. The molecular formula is C17H30N2O2. The van der Waals surface area contributed by atoms with Crippen molar-refractivity contribution >= 4 is 5.97 Å². The van der Waals surface area contributed by atoms with Crippen LogP contribution in [-0.4, -0.2) is 21.4 Å². The van der Waals surface area contributed by atoms with Crippen LogP contribution in [0.15, 0.2) is 18.5 Å². The fraction of sp³-hybridized carbons (Fsp3) is 0.765. The standard InChI is InChI=1S/C17H30N2O2/c1-17(2,3)21-16(20)12-9-7-5-4-6-8-10-14-19-15-11-13-18-19/h11,13,15H,4-10,12,14H2,1-3H3. The van der Waals surface area contributed by atoms with Gasteiger partial charge in [0.15, 0.2) is 0 Å². The lowest BCUT2D eigenvalue weighted by molar-refractivity contribution is -0.154. The van der Waals surface area contributed by atoms with Crippen LogP contribution in [0.4, 0.5) is 0 Å². The van der Waals surface area contributed by atoms with Crippen LogP contribution < -0.4 is 0 Å². The summed E-state index contributed by atoms with van der Waals surface area (Å²) in [7, 11) is 0. The van der Waals surface area contributed by atoms with E-state index in [9.17, 15) is 4.79 Å². The van der Waals surface area contributed by atoms with Gasteiger partial charge in [0.2, 0.25) is 0 Å². The van der Waals surface area contributed by atoms with Crippen LogP contribution in [0, 0.1) is 0 Å². The fourth-order valence-electron chi connectivity index (χ4n) is 2.25. The highest BCUT2D eigenvalue weighted by Gasteiger charge is 2.15. The van der Waals surface area contributed by atoms with E-state index in [4.69, 9.17) is 4.74 Å². The maximum absolute atomic E-state index is 11.5. The van der Waals surface area contributed by atoms with E-state index in [0.717, 1.165) is 19.4 Å². The lowest BCUT2D eigenvalue weighted by Crippen LogP contribution is -2.23. The summed E-state index contributed by atoms with van der Waals surface area (Å²) < 4.78 is 7.27. The predicted molar refractivity (Wildman–Crippen MR) is 85.0 cm³/mol. The maximum Gasteiger partial charge on any atom is 0.306 e. The molecule has 0 aliphatic carbocycles. The molecule has 0 unspecified atom stereocenters. The Labute approximate surface area is 128 Å². The Bertz CT molecular complexity index is 380. The van der Waals surface area contributed by atoms with Crippen molar-refractivity contribution in [3.8, 4) is 0 Å². The SMILES string of the molecule is CC(C)(C)OC(=O)CCCCCCCCCn1cccn1. The molecule has 0 fully saturated rings. The monoisotopic (exact) mass is 294 g/mol. The molecule has 0 aromatic carbocycles. The number of rotatable bonds is 10. The van der Waals surface area contributed by atoms with Gasteiger partial charge in [0.05, 0.1) is 0 Å². The van der Waals surface area contributed by atoms with Crippen molar-refractivity contribution < 1.29 is 9.53 Å². The van der Waals surface area contributed by atoms with Crippen molar-refractivity contribution in [3.05, 3.63) is 18.5 Å². The van der Waals surface area contributed by atoms with E-state index in [1.165, 1.54) is 32.1 Å². The third-order valence-corrected chi connectivity index (χ3v) is 3.25. The summed E-state index contributed by atoms with van der Waals surface area (Å²) in [5.74, 6) is -0.0678. The van der Waals surface area contributed by atoms with E-state index in [-0.39, 0.29) is 11.6 Å². The van der Waals surface area contributed by atoms with E-state index in [0.29, 0.717) is 6.42 Å². The van der Waals surface area contributed by atoms with E-state index < -0.39 is 0 Å². The van der Waals surface area contributed by atoms with Crippen molar-refractivity contribution in [2.75, 3.05) is 0 Å². The third-order valence-electron chi connectivity index (χ3n) is 3.25. The Morgan fingerprint density at radius 2 is 1.67 bits per heavy atom. The van der Waals surface area contributed by atoms with Crippen LogP contribution in [0.5, 0.6) is 0 Å². The third kappa shape index (κ3) is 10.1. The molecule has 0 aliphatic heterocycles. The number of aromatic nitrogens is 2. The van der Waals surface area contributed by atoms with Gasteiger partial charge in [0.25, 0.3) is 0 Å². The molecule has 0 saturated heterocycles. The highest BCUT2D eigenvalue weighted by Crippen LogP contribution is 2.12. The number of carbonyl (C=O) groups is 1. The van der Waals surface area contributed by atoms with Crippen LogP contribution in [0.1, 0.15) is 72.1 Å². The summed E-state index contributed by atoms with van der Waals surface area (Å²) in [5, 5.41) is 4.19. The first-order valence-corrected chi connectivity index (χ1v) is 8.17. The van der Waals surface area contributed by atoms with Gasteiger partial charge < -0.3 is 4.74 Å². The average Bonchev–Trinajstić information content (AvgIpc) is 2.87. The van der Waals surface area contributed by atoms with Crippen LogP contribution in [-0.2, 0) is 16.1 Å². The molecule has 4 heteroatoms. The number of esters is 1. The quantitative estimate of drug-likeness (QED) is 0.476. The van der Waals surface area contributed by atoms with Crippen LogP contribution in [0.25, 0.3) is 0 Å². The molecule has 1 aromatic rings. The molecule has 1 aromatic heterocycles. The zero-order valence-electron chi connectivity index (χ0n) is 13.8. The Morgan fingerprint density at radius 1 is 1.05 bits per heavy atom. The van der Waals surface area contributed by atoms with Gasteiger partial charge in [0, 0.05) is 25.4 Å². The largest absolute Gasteiger partial charge is 0.460 e. The fourth-order valence-corrected chi connectivity index (χ4v) is 2.25. The van der Waals surface area contributed by atoms with Crippen molar-refractivity contribution in [2.24, 2.45) is 0 Å². The summed E-state index contributed by atoms with van der Waals surface area (Å²) in [5.41, 5.74) is -0.355. The van der Waals surface area contributed by atoms with Gasteiger partial charge in [-0.1, -0.05) is 32.1 Å². The predicted octanol–water partition coefficient (Wildman–Crippen LogP) is 4.35. The van der Waals surface area contributed by atoms with Crippen molar-refractivity contribution in [1.82, 2.24) is 9.78 Å². The van der Waals surface area contributed by atoms with Gasteiger partial charge in [-0.2, -0.15) is 5.10 Å². The molecule has 0 N–H and O–H groups in total. The second kappa shape index (κ2) is 9.59. The second-order valence-electron chi connectivity index (χ2n) is 6.58. The Kier molecular flexibility index (Phi) is 8.09. The number of ether oxygens (including phenoxy) is 1. The summed E-state index contributed by atoms with van der Waals surface area (Å²) in [4.78, 5) is 11.5. The van der Waals surface area contributed by atoms with Crippen LogP contribution in [0.2, 0.25) is 0 Å². The summed E-state index contributed by atoms with van der Waals surface area (Å²) >= 11 is 0. The molecule has 0 saturated carbocycles. The van der Waals surface area contributed by atoms with Crippen molar-refractivity contribution in [3.63, 3.8) is 0 Å². The van der Waals surface area contributed by atoms with E-state index in [2.05, 4.69) is 5.10 Å². The zero-order chi connectivity index (χ0) is 15.6. The first kappa shape index (κ1) is 17.7. The smallest absolute Gasteiger partial charge is 0.306 e. The summed E-state index contributed by atoms with van der Waals surface area (Å²) in [6.07, 6.45) is 12.6. The Morgan fingerprint density at radius 3 is 2.24 bits per heavy atom. The van der Waals surface area contributed by atoms with E-state index in [1.807, 2.05) is 43.9 Å². The molecule has 0 radical (unpaired) electrons. The van der Waals surface area contributed by atoms with Gasteiger partial charge in [-0.05, 0) is 39.7 Å². The molecule has 0 atom stereocenters. The lowest BCUT2D eigenvalue weighted by atomic mass is 10.1. The molecule has 120 valence electrons. The van der Waals surface area contributed by atoms with Crippen LogP contribution in [0.3, 0.4) is 0 Å². The normalized spacial score (nSPS) is 11.6. The number of nitrogens with zero attached hydrogens (tertiary/aromatic N) is 2. The molecule has 0 aliphatic rings. The van der Waals surface area contributed by atoms with Gasteiger partial charge in [-0.15, -0.1) is 0 Å². The van der Waals surface area contributed by atoms with Crippen molar-refractivity contribution in [2.45, 2.75) is 84.3 Å². The zero-order valence-corrected chi connectivity index (χ0v) is 13.8. The Balaban J connectivity index is 1.85. The number of hydrogen-bond donors (Lipinski definition) is 0. The van der Waals surface area contributed by atoms with Crippen molar-refractivity contribution in [1.29, 1.82) is 0 Å². The summed E-state index contributed by atoms with van der Waals surface area (Å²) in [6.45, 7) is 6.75. The number of carbonyl (C=O) groups excluding carboxylic acids is 1. The van der Waals surface area contributed by atoms with Gasteiger partial charge in [-0.25, -0.2) is 0 Å².